The number of rotatable bonds is 6. The number of methoxy groups -OCH3 is 3. The maximum absolute atomic E-state index is 14.1. The van der Waals surface area contributed by atoms with E-state index in [-0.39, 0.29) is 28.6 Å². The van der Waals surface area contributed by atoms with Gasteiger partial charge in [0.1, 0.15) is 10.3 Å². The average molecular weight is 332 g/mol. The molecule has 22 heavy (non-hydrogen) atoms. The molecule has 2 heterocycles. The van der Waals surface area contributed by atoms with Gasteiger partial charge in [0, 0.05) is 6.42 Å². The van der Waals surface area contributed by atoms with Crippen molar-refractivity contribution >= 4 is 27.7 Å². The lowest BCUT2D eigenvalue weighted by atomic mass is 10.1. The smallest absolute Gasteiger partial charge is 0.305 e. The van der Waals surface area contributed by atoms with Crippen molar-refractivity contribution in [2.24, 2.45) is 0 Å². The second-order valence-corrected chi connectivity index (χ2v) is 5.35. The van der Waals surface area contributed by atoms with Crippen LogP contribution >= 0.6 is 11.3 Å². The molecule has 0 fully saturated rings. The first kappa shape index (κ1) is 16.3. The van der Waals surface area contributed by atoms with Crippen molar-refractivity contribution in [3.8, 4) is 11.8 Å². The topological polar surface area (TPSA) is 70.5 Å². The Morgan fingerprint density at radius 1 is 1.23 bits per heavy atom. The zero-order valence-electron chi connectivity index (χ0n) is 12.2. The largest absolute Gasteiger partial charge is 0.477 e. The summed E-state index contributed by atoms with van der Waals surface area (Å²) in [5, 5.41) is 0. The van der Waals surface area contributed by atoms with E-state index in [0.29, 0.717) is 4.83 Å². The summed E-state index contributed by atoms with van der Waals surface area (Å²) in [6.07, 6.45) is -1.01. The molecule has 0 N–H and O–H groups in total. The number of ether oxygens (including phenoxy) is 3. The molecule has 0 aromatic carbocycles. The van der Waals surface area contributed by atoms with E-state index in [1.807, 2.05) is 0 Å². The molecule has 0 atom stereocenters. The van der Waals surface area contributed by atoms with Gasteiger partial charge in [-0.15, -0.1) is 11.3 Å². The van der Waals surface area contributed by atoms with Crippen molar-refractivity contribution in [3.05, 3.63) is 10.9 Å². The molecule has 0 radical (unpaired) electrons. The third kappa shape index (κ3) is 3.24. The maximum atomic E-state index is 14.1. The fraction of sp³-hybridized carbons (Fsp3) is 0.462. The molecule has 0 unspecified atom stereocenters. The van der Waals surface area contributed by atoms with Crippen LogP contribution in [-0.4, -0.2) is 37.3 Å². The quantitative estimate of drug-likeness (QED) is 0.758. The molecule has 2 aromatic rings. The van der Waals surface area contributed by atoms with Gasteiger partial charge in [0.2, 0.25) is 0 Å². The second-order valence-electron chi connectivity index (χ2n) is 4.32. The molecule has 0 aliphatic carbocycles. The van der Waals surface area contributed by atoms with Crippen LogP contribution in [-0.2, 0) is 15.5 Å². The Morgan fingerprint density at radius 3 is 2.45 bits per heavy atom. The summed E-state index contributed by atoms with van der Waals surface area (Å²) >= 11 is 0.801. The van der Waals surface area contributed by atoms with E-state index in [1.165, 1.54) is 20.3 Å². The van der Waals surface area contributed by atoms with Crippen molar-refractivity contribution in [1.29, 1.82) is 0 Å². The molecule has 6 nitrogen and oxygen atoms in total. The van der Waals surface area contributed by atoms with Crippen LogP contribution in [0.25, 0.3) is 10.3 Å². The van der Waals surface area contributed by atoms with Crippen LogP contribution in [0.5, 0.6) is 11.8 Å². The predicted octanol–water partition coefficient (Wildman–Crippen LogP) is 2.75. The summed E-state index contributed by atoms with van der Waals surface area (Å²) in [5.74, 6) is -3.60. The van der Waals surface area contributed by atoms with Gasteiger partial charge in [0.25, 0.3) is 17.7 Å². The minimum atomic E-state index is -3.16. The number of alkyl halides is 2. The molecule has 0 saturated carbocycles. The lowest BCUT2D eigenvalue weighted by Crippen LogP contribution is -2.14. The molecule has 0 aliphatic rings. The van der Waals surface area contributed by atoms with Crippen molar-refractivity contribution in [1.82, 2.24) is 9.97 Å². The Kier molecular flexibility index (Phi) is 4.74. The summed E-state index contributed by atoms with van der Waals surface area (Å²) in [5.41, 5.74) is 0.287. The number of hydrogen-bond acceptors (Lipinski definition) is 7. The third-order valence-corrected chi connectivity index (χ3v) is 4.05. The van der Waals surface area contributed by atoms with Gasteiger partial charge < -0.3 is 14.2 Å². The Morgan fingerprint density at radius 2 is 1.86 bits per heavy atom. The third-order valence-electron chi connectivity index (χ3n) is 2.92. The van der Waals surface area contributed by atoms with Crippen LogP contribution in [0.2, 0.25) is 0 Å². The first-order valence-corrected chi connectivity index (χ1v) is 7.07. The molecule has 2 aromatic heterocycles. The summed E-state index contributed by atoms with van der Waals surface area (Å²) < 4.78 is 42.6. The Bertz CT molecular complexity index is 649. The lowest BCUT2D eigenvalue weighted by Gasteiger charge is -2.12. The van der Waals surface area contributed by atoms with Gasteiger partial charge in [-0.2, -0.15) is 4.98 Å². The highest BCUT2D eigenvalue weighted by Crippen LogP contribution is 2.40. The van der Waals surface area contributed by atoms with Gasteiger partial charge in [-0.1, -0.05) is 0 Å². The fourth-order valence-corrected chi connectivity index (χ4v) is 2.73. The molecule has 0 spiro atoms. The van der Waals surface area contributed by atoms with Crippen LogP contribution in [0.15, 0.2) is 6.07 Å². The Balaban J connectivity index is 2.33. The minimum Gasteiger partial charge on any atom is -0.477 e. The van der Waals surface area contributed by atoms with E-state index in [2.05, 4.69) is 14.7 Å². The van der Waals surface area contributed by atoms with E-state index >= 15 is 0 Å². The van der Waals surface area contributed by atoms with Crippen LogP contribution in [0.3, 0.4) is 0 Å². The van der Waals surface area contributed by atoms with Gasteiger partial charge in [0.15, 0.2) is 0 Å². The fourth-order valence-electron chi connectivity index (χ4n) is 1.76. The Labute approximate surface area is 129 Å². The molecule has 0 saturated heterocycles. The summed E-state index contributed by atoms with van der Waals surface area (Å²) in [4.78, 5) is 19.3. The van der Waals surface area contributed by atoms with Crippen LogP contribution < -0.4 is 9.47 Å². The molecule has 120 valence electrons. The monoisotopic (exact) mass is 332 g/mol. The van der Waals surface area contributed by atoms with Crippen LogP contribution in [0.4, 0.5) is 8.78 Å². The number of esters is 1. The Hall–Kier alpha value is -2.03. The number of nitrogens with zero attached hydrogens (tertiary/aromatic N) is 2. The van der Waals surface area contributed by atoms with E-state index in [9.17, 15) is 13.6 Å². The highest BCUT2D eigenvalue weighted by molar-refractivity contribution is 7.18. The molecular weight excluding hydrogens is 318 g/mol. The highest BCUT2D eigenvalue weighted by atomic mass is 32.1. The van der Waals surface area contributed by atoms with Crippen molar-refractivity contribution < 1.29 is 27.8 Å². The van der Waals surface area contributed by atoms with Crippen molar-refractivity contribution in [2.45, 2.75) is 18.8 Å². The molecule has 2 rings (SSSR count). The van der Waals surface area contributed by atoms with Gasteiger partial charge >= 0.3 is 5.97 Å². The normalized spacial score (nSPS) is 11.5. The number of carbonyl (C=O) groups excluding carboxylic acids is 1. The minimum absolute atomic E-state index is 0.122. The van der Waals surface area contributed by atoms with Crippen LogP contribution in [0, 0.1) is 0 Å². The number of fused-ring (bicyclic) bond motifs is 1. The van der Waals surface area contributed by atoms with Gasteiger partial charge in [-0.3, -0.25) is 4.79 Å². The summed E-state index contributed by atoms with van der Waals surface area (Å²) in [6, 6.07) is 1.24. The molecule has 0 aliphatic heterocycles. The first-order valence-electron chi connectivity index (χ1n) is 6.26. The summed E-state index contributed by atoms with van der Waals surface area (Å²) in [6.45, 7) is 0. The number of thiophene rings is 1. The number of carbonyl (C=O) groups is 1. The SMILES string of the molecule is COC(=O)CCC(F)(F)c1cc2nc(OC)c(OC)nc2s1. The molecular formula is C13H14F2N2O4S. The van der Waals surface area contributed by atoms with Gasteiger partial charge in [-0.05, 0) is 6.07 Å². The molecule has 9 heteroatoms. The highest BCUT2D eigenvalue weighted by Gasteiger charge is 2.35. The number of aromatic nitrogens is 2. The van der Waals surface area contributed by atoms with E-state index < -0.39 is 18.3 Å². The standard InChI is InChI=1S/C13H14F2N2O4S/c1-19-9(18)4-5-13(14,15)8-6-7-12(22-8)17-11(21-3)10(16-7)20-2/h6H,4-5H2,1-3H3. The first-order chi connectivity index (χ1) is 10.4. The molecule has 0 bridgehead atoms. The zero-order chi connectivity index (χ0) is 16.3. The predicted molar refractivity (Wildman–Crippen MR) is 75.7 cm³/mol. The number of halogens is 2. The average Bonchev–Trinajstić information content (AvgIpc) is 2.94. The molecule has 0 amide bonds. The van der Waals surface area contributed by atoms with E-state index in [4.69, 9.17) is 9.47 Å². The van der Waals surface area contributed by atoms with E-state index in [1.54, 1.807) is 0 Å². The lowest BCUT2D eigenvalue weighted by molar-refractivity contribution is -0.142. The van der Waals surface area contributed by atoms with Gasteiger partial charge in [0.05, 0.1) is 32.6 Å². The second kappa shape index (κ2) is 6.39. The summed E-state index contributed by atoms with van der Waals surface area (Å²) in [7, 11) is 3.93. The van der Waals surface area contributed by atoms with E-state index in [0.717, 1.165) is 18.4 Å². The van der Waals surface area contributed by atoms with Crippen molar-refractivity contribution in [3.63, 3.8) is 0 Å². The van der Waals surface area contributed by atoms with Crippen LogP contribution in [0.1, 0.15) is 17.7 Å². The zero-order valence-corrected chi connectivity index (χ0v) is 13.0. The van der Waals surface area contributed by atoms with Crippen molar-refractivity contribution in [2.75, 3.05) is 21.3 Å². The number of hydrogen-bond donors (Lipinski definition) is 0. The van der Waals surface area contributed by atoms with Gasteiger partial charge in [-0.25, -0.2) is 13.8 Å². The maximum Gasteiger partial charge on any atom is 0.305 e.